The normalized spacial score (nSPS) is 34.0. The molecule has 1 amide bonds. The number of thiocarbonyl (C=S) groups is 1. The number of hydrogen-bond donors (Lipinski definition) is 3. The van der Waals surface area contributed by atoms with Crippen LogP contribution in [-0.4, -0.2) is 11.0 Å². The van der Waals surface area contributed by atoms with Crippen molar-refractivity contribution in [2.24, 2.45) is 23.2 Å². The van der Waals surface area contributed by atoms with E-state index in [1.165, 1.54) is 19.3 Å². The lowest BCUT2D eigenvalue weighted by molar-refractivity contribution is -0.144. The molecule has 0 aliphatic heterocycles. The molecule has 5 rings (SSSR count). The van der Waals surface area contributed by atoms with E-state index in [1.54, 1.807) is 0 Å². The number of rotatable bonds is 3. The summed E-state index contributed by atoms with van der Waals surface area (Å²) in [6.07, 6.45) is 7.18. The lowest BCUT2D eigenvalue weighted by Crippen LogP contribution is -2.56. The molecule has 1 aromatic rings. The second-order valence-corrected chi connectivity index (χ2v) is 8.01. The standard InChI is InChI=1S/C18H23N3OS/c22-16(19-17(23)21-20-15-4-2-1-3-5-15)18-9-12-6-13(10-18)8-14(7-12)11-18/h1-5,12-14,20H,6-11H2,(H2,19,21,22,23). The van der Waals surface area contributed by atoms with Crippen molar-refractivity contribution in [3.05, 3.63) is 30.3 Å². The van der Waals surface area contributed by atoms with Gasteiger partial charge in [-0.3, -0.25) is 15.6 Å². The molecule has 4 aliphatic carbocycles. The summed E-state index contributed by atoms with van der Waals surface area (Å²) in [6, 6.07) is 9.73. The van der Waals surface area contributed by atoms with Gasteiger partial charge in [0.2, 0.25) is 5.91 Å². The van der Waals surface area contributed by atoms with E-state index in [0.29, 0.717) is 5.11 Å². The molecule has 0 unspecified atom stereocenters. The molecule has 1 aromatic carbocycles. The second kappa shape index (κ2) is 5.78. The number of hydrazine groups is 1. The SMILES string of the molecule is O=C(NC(=S)NNc1ccccc1)C12CC3CC(CC(C3)C1)C2. The summed E-state index contributed by atoms with van der Waals surface area (Å²) in [6.45, 7) is 0. The Hall–Kier alpha value is -1.62. The molecule has 3 N–H and O–H groups in total. The highest BCUT2D eigenvalue weighted by Crippen LogP contribution is 2.60. The maximum absolute atomic E-state index is 12.9. The predicted octanol–water partition coefficient (Wildman–Crippen LogP) is 3.22. The Balaban J connectivity index is 1.35. The molecule has 4 nitrogen and oxygen atoms in total. The van der Waals surface area contributed by atoms with Gasteiger partial charge in [0.25, 0.3) is 0 Å². The zero-order valence-electron chi connectivity index (χ0n) is 13.2. The van der Waals surface area contributed by atoms with Gasteiger partial charge in [-0.1, -0.05) is 18.2 Å². The average molecular weight is 329 g/mol. The maximum atomic E-state index is 12.9. The van der Waals surface area contributed by atoms with Crippen LogP contribution >= 0.6 is 12.2 Å². The number of anilines is 1. The number of hydrogen-bond acceptors (Lipinski definition) is 3. The number of benzene rings is 1. The first-order chi connectivity index (χ1) is 11.1. The van der Waals surface area contributed by atoms with Gasteiger partial charge in [-0.2, -0.15) is 0 Å². The first-order valence-corrected chi connectivity index (χ1v) is 8.96. The van der Waals surface area contributed by atoms with Gasteiger partial charge in [0.15, 0.2) is 5.11 Å². The van der Waals surface area contributed by atoms with Crippen LogP contribution in [0.1, 0.15) is 38.5 Å². The molecule has 0 radical (unpaired) electrons. The van der Waals surface area contributed by atoms with Gasteiger partial charge < -0.3 is 5.32 Å². The van der Waals surface area contributed by atoms with Crippen LogP contribution < -0.4 is 16.2 Å². The summed E-state index contributed by atoms with van der Waals surface area (Å²) < 4.78 is 0. The van der Waals surface area contributed by atoms with Crippen LogP contribution in [-0.2, 0) is 4.79 Å². The van der Waals surface area contributed by atoms with E-state index >= 15 is 0 Å². The van der Waals surface area contributed by atoms with Crippen molar-refractivity contribution < 1.29 is 4.79 Å². The molecule has 4 bridgehead atoms. The maximum Gasteiger partial charge on any atom is 0.232 e. The first kappa shape index (κ1) is 14.9. The molecule has 0 atom stereocenters. The molecule has 0 saturated heterocycles. The Morgan fingerprint density at radius 1 is 1.00 bits per heavy atom. The Kier molecular flexibility index (Phi) is 3.76. The number of para-hydroxylation sites is 1. The van der Waals surface area contributed by atoms with Gasteiger partial charge in [-0.25, -0.2) is 0 Å². The zero-order chi connectivity index (χ0) is 15.9. The van der Waals surface area contributed by atoms with Gasteiger partial charge in [0.05, 0.1) is 11.1 Å². The van der Waals surface area contributed by atoms with Crippen molar-refractivity contribution in [2.75, 3.05) is 5.43 Å². The molecule has 23 heavy (non-hydrogen) atoms. The Labute approximate surface area is 142 Å². The highest BCUT2D eigenvalue weighted by molar-refractivity contribution is 7.80. The second-order valence-electron chi connectivity index (χ2n) is 7.60. The van der Waals surface area contributed by atoms with E-state index in [4.69, 9.17) is 12.2 Å². The molecule has 0 heterocycles. The molecule has 0 aromatic heterocycles. The van der Waals surface area contributed by atoms with Crippen LogP contribution in [0.5, 0.6) is 0 Å². The highest BCUT2D eigenvalue weighted by Gasteiger charge is 2.54. The Morgan fingerprint density at radius 2 is 1.57 bits per heavy atom. The van der Waals surface area contributed by atoms with Crippen molar-refractivity contribution in [3.8, 4) is 0 Å². The van der Waals surface area contributed by atoms with Gasteiger partial charge >= 0.3 is 0 Å². The molecule has 4 saturated carbocycles. The molecule has 4 fully saturated rings. The van der Waals surface area contributed by atoms with Crippen LogP contribution in [0.25, 0.3) is 0 Å². The average Bonchev–Trinajstić information content (AvgIpc) is 2.52. The summed E-state index contributed by atoms with van der Waals surface area (Å²) in [5.74, 6) is 2.41. The summed E-state index contributed by atoms with van der Waals surface area (Å²) >= 11 is 5.28. The van der Waals surface area contributed by atoms with Gasteiger partial charge in [0.1, 0.15) is 0 Å². The molecule has 0 spiro atoms. The van der Waals surface area contributed by atoms with Crippen LogP contribution in [0.4, 0.5) is 5.69 Å². The topological polar surface area (TPSA) is 53.2 Å². The number of amides is 1. The third-order valence-corrected chi connectivity index (χ3v) is 6.05. The lowest BCUT2D eigenvalue weighted by Gasteiger charge is -2.55. The van der Waals surface area contributed by atoms with Crippen molar-refractivity contribution in [1.29, 1.82) is 0 Å². The molecular formula is C18H23N3OS. The van der Waals surface area contributed by atoms with E-state index in [-0.39, 0.29) is 11.3 Å². The first-order valence-electron chi connectivity index (χ1n) is 8.55. The van der Waals surface area contributed by atoms with Crippen molar-refractivity contribution >= 4 is 28.9 Å². The number of carbonyl (C=O) groups is 1. The number of nitrogens with one attached hydrogen (secondary N) is 3. The minimum Gasteiger partial charge on any atom is -0.301 e. The molecule has 5 heteroatoms. The van der Waals surface area contributed by atoms with E-state index in [9.17, 15) is 4.79 Å². The monoisotopic (exact) mass is 329 g/mol. The predicted molar refractivity (Wildman–Crippen MR) is 94.5 cm³/mol. The van der Waals surface area contributed by atoms with Crippen LogP contribution in [0.3, 0.4) is 0 Å². The largest absolute Gasteiger partial charge is 0.301 e. The highest BCUT2D eigenvalue weighted by atomic mass is 32.1. The third kappa shape index (κ3) is 2.94. The lowest BCUT2D eigenvalue weighted by atomic mass is 9.49. The zero-order valence-corrected chi connectivity index (χ0v) is 14.0. The van der Waals surface area contributed by atoms with Gasteiger partial charge in [0, 0.05) is 0 Å². The fourth-order valence-corrected chi connectivity index (χ4v) is 5.45. The molecular weight excluding hydrogens is 306 g/mol. The Morgan fingerprint density at radius 3 is 2.13 bits per heavy atom. The van der Waals surface area contributed by atoms with E-state index in [0.717, 1.165) is 42.7 Å². The fourth-order valence-electron chi connectivity index (χ4n) is 5.31. The van der Waals surface area contributed by atoms with E-state index in [1.807, 2.05) is 30.3 Å². The van der Waals surface area contributed by atoms with Crippen LogP contribution in [0.15, 0.2) is 30.3 Å². The number of carbonyl (C=O) groups excluding carboxylic acids is 1. The summed E-state index contributed by atoms with van der Waals surface area (Å²) in [7, 11) is 0. The summed E-state index contributed by atoms with van der Waals surface area (Å²) in [4.78, 5) is 12.9. The minimum atomic E-state index is -0.159. The van der Waals surface area contributed by atoms with E-state index in [2.05, 4.69) is 16.2 Å². The van der Waals surface area contributed by atoms with E-state index < -0.39 is 0 Å². The third-order valence-electron chi connectivity index (χ3n) is 5.84. The molecule has 122 valence electrons. The minimum absolute atomic E-state index is 0.129. The van der Waals surface area contributed by atoms with Crippen LogP contribution in [0.2, 0.25) is 0 Å². The van der Waals surface area contributed by atoms with Gasteiger partial charge in [-0.05, 0) is 80.6 Å². The van der Waals surface area contributed by atoms with Gasteiger partial charge in [-0.15, -0.1) is 0 Å². The van der Waals surface area contributed by atoms with Crippen molar-refractivity contribution in [2.45, 2.75) is 38.5 Å². The quantitative estimate of drug-likeness (QED) is 0.589. The smallest absolute Gasteiger partial charge is 0.232 e. The molecule has 4 aliphatic rings. The van der Waals surface area contributed by atoms with Crippen LogP contribution in [0, 0.1) is 23.2 Å². The van der Waals surface area contributed by atoms with Crippen molar-refractivity contribution in [1.82, 2.24) is 10.7 Å². The summed E-state index contributed by atoms with van der Waals surface area (Å²) in [5.41, 5.74) is 6.69. The fraction of sp³-hybridized carbons (Fsp3) is 0.556. The van der Waals surface area contributed by atoms with Crippen molar-refractivity contribution in [3.63, 3.8) is 0 Å². The summed E-state index contributed by atoms with van der Waals surface area (Å²) in [5, 5.41) is 3.28. The Bertz CT molecular complexity index is 581.